The first-order valence-electron chi connectivity index (χ1n) is 6.82. The summed E-state index contributed by atoms with van der Waals surface area (Å²) in [7, 11) is 1.85. The molecule has 1 atom stereocenters. The number of carbonyl (C=O) groups is 1. The van der Waals surface area contributed by atoms with Crippen molar-refractivity contribution < 1.29 is 9.53 Å². The number of rotatable bonds is 5. The molecular formula is C15H22N2O2. The van der Waals surface area contributed by atoms with Gasteiger partial charge in [-0.1, -0.05) is 18.2 Å². The van der Waals surface area contributed by atoms with E-state index in [-0.39, 0.29) is 11.8 Å². The Bertz CT molecular complexity index is 428. The van der Waals surface area contributed by atoms with E-state index in [1.54, 1.807) is 4.90 Å². The second kappa shape index (κ2) is 6.57. The Balaban J connectivity index is 1.76. The molecule has 0 spiro atoms. The molecule has 4 heteroatoms. The molecule has 1 fully saturated rings. The van der Waals surface area contributed by atoms with E-state index in [1.165, 1.54) is 0 Å². The number of benzene rings is 1. The number of hydrogen-bond acceptors (Lipinski definition) is 3. The number of amides is 1. The fourth-order valence-electron chi connectivity index (χ4n) is 2.30. The van der Waals surface area contributed by atoms with Gasteiger partial charge in [-0.05, 0) is 31.5 Å². The molecule has 1 aliphatic heterocycles. The molecule has 0 bridgehead atoms. The van der Waals surface area contributed by atoms with Crippen molar-refractivity contribution in [2.45, 2.75) is 13.3 Å². The lowest BCUT2D eigenvalue weighted by molar-refractivity contribution is -0.133. The van der Waals surface area contributed by atoms with E-state index < -0.39 is 0 Å². The molecular weight excluding hydrogens is 240 g/mol. The Kier molecular flexibility index (Phi) is 4.80. The first kappa shape index (κ1) is 13.9. The van der Waals surface area contributed by atoms with Gasteiger partial charge in [0, 0.05) is 13.6 Å². The van der Waals surface area contributed by atoms with Crippen LogP contribution in [-0.4, -0.2) is 44.1 Å². The summed E-state index contributed by atoms with van der Waals surface area (Å²) in [5.41, 5.74) is 1.12. The first-order chi connectivity index (χ1) is 9.18. The molecule has 104 valence electrons. The van der Waals surface area contributed by atoms with Crippen molar-refractivity contribution in [2.24, 2.45) is 5.92 Å². The standard InChI is InChI=1S/C15H22N2O2/c1-12-5-3-4-6-14(12)19-10-9-17(2)15(18)13-7-8-16-11-13/h3-6,13,16H,7-11H2,1-2H3/t13-/m1/s1. The minimum atomic E-state index is 0.142. The molecule has 1 aromatic rings. The van der Waals surface area contributed by atoms with Crippen LogP contribution in [0.25, 0.3) is 0 Å². The summed E-state index contributed by atoms with van der Waals surface area (Å²) in [6.45, 7) is 4.94. The van der Waals surface area contributed by atoms with Crippen molar-refractivity contribution in [3.05, 3.63) is 29.8 Å². The summed E-state index contributed by atoms with van der Waals surface area (Å²) in [5, 5.41) is 3.22. The summed E-state index contributed by atoms with van der Waals surface area (Å²) in [4.78, 5) is 13.9. The van der Waals surface area contributed by atoms with Gasteiger partial charge in [-0.15, -0.1) is 0 Å². The van der Waals surface area contributed by atoms with Crippen molar-refractivity contribution in [2.75, 3.05) is 33.3 Å². The summed E-state index contributed by atoms with van der Waals surface area (Å²) in [6, 6.07) is 7.93. The van der Waals surface area contributed by atoms with Crippen molar-refractivity contribution >= 4 is 5.91 Å². The SMILES string of the molecule is Cc1ccccc1OCCN(C)C(=O)[C@@H]1CCNC1. The van der Waals surface area contributed by atoms with Gasteiger partial charge in [0.05, 0.1) is 12.5 Å². The molecule has 1 N–H and O–H groups in total. The van der Waals surface area contributed by atoms with Crippen LogP contribution in [0.1, 0.15) is 12.0 Å². The van der Waals surface area contributed by atoms with Crippen LogP contribution in [-0.2, 0) is 4.79 Å². The zero-order valence-corrected chi connectivity index (χ0v) is 11.7. The second-order valence-corrected chi connectivity index (χ2v) is 5.06. The van der Waals surface area contributed by atoms with E-state index in [1.807, 2.05) is 38.2 Å². The maximum atomic E-state index is 12.1. The number of nitrogens with one attached hydrogen (secondary N) is 1. The Hall–Kier alpha value is -1.55. The molecule has 1 heterocycles. The third-order valence-electron chi connectivity index (χ3n) is 3.56. The lowest BCUT2D eigenvalue weighted by Crippen LogP contribution is -2.36. The van der Waals surface area contributed by atoms with Crippen LogP contribution in [0.3, 0.4) is 0 Å². The van der Waals surface area contributed by atoms with Gasteiger partial charge in [-0.2, -0.15) is 0 Å². The number of para-hydroxylation sites is 1. The van der Waals surface area contributed by atoms with Crippen LogP contribution in [0.5, 0.6) is 5.75 Å². The van der Waals surface area contributed by atoms with Crippen molar-refractivity contribution in [3.8, 4) is 5.75 Å². The van der Waals surface area contributed by atoms with Gasteiger partial charge < -0.3 is 15.0 Å². The summed E-state index contributed by atoms with van der Waals surface area (Å²) in [5.74, 6) is 1.26. The molecule has 1 aliphatic rings. The predicted molar refractivity (Wildman–Crippen MR) is 75.3 cm³/mol. The topological polar surface area (TPSA) is 41.6 Å². The Morgan fingerprint density at radius 2 is 2.26 bits per heavy atom. The smallest absolute Gasteiger partial charge is 0.226 e. The Morgan fingerprint density at radius 3 is 2.95 bits per heavy atom. The fourth-order valence-corrected chi connectivity index (χ4v) is 2.30. The molecule has 2 rings (SSSR count). The van der Waals surface area contributed by atoms with Crippen molar-refractivity contribution in [1.82, 2.24) is 10.2 Å². The zero-order valence-electron chi connectivity index (χ0n) is 11.7. The highest BCUT2D eigenvalue weighted by Crippen LogP contribution is 2.16. The van der Waals surface area contributed by atoms with Gasteiger partial charge in [-0.3, -0.25) is 4.79 Å². The fraction of sp³-hybridized carbons (Fsp3) is 0.533. The quantitative estimate of drug-likeness (QED) is 0.873. The molecule has 0 aliphatic carbocycles. The van der Waals surface area contributed by atoms with E-state index in [2.05, 4.69) is 5.32 Å². The average molecular weight is 262 g/mol. The Labute approximate surface area is 114 Å². The summed E-state index contributed by atoms with van der Waals surface area (Å²) < 4.78 is 5.71. The van der Waals surface area contributed by atoms with Crippen LogP contribution in [0.2, 0.25) is 0 Å². The molecule has 4 nitrogen and oxygen atoms in total. The van der Waals surface area contributed by atoms with Gasteiger partial charge in [0.25, 0.3) is 0 Å². The largest absolute Gasteiger partial charge is 0.491 e. The van der Waals surface area contributed by atoms with Gasteiger partial charge in [0.2, 0.25) is 5.91 Å². The summed E-state index contributed by atoms with van der Waals surface area (Å²) in [6.07, 6.45) is 0.946. The minimum Gasteiger partial charge on any atom is -0.491 e. The molecule has 0 aromatic heterocycles. The van der Waals surface area contributed by atoms with Gasteiger partial charge >= 0.3 is 0 Å². The van der Waals surface area contributed by atoms with Crippen molar-refractivity contribution in [3.63, 3.8) is 0 Å². The Morgan fingerprint density at radius 1 is 1.47 bits per heavy atom. The van der Waals surface area contributed by atoms with Gasteiger partial charge in [-0.25, -0.2) is 0 Å². The highest BCUT2D eigenvalue weighted by atomic mass is 16.5. The van der Waals surface area contributed by atoms with Crippen LogP contribution in [0, 0.1) is 12.8 Å². The van der Waals surface area contributed by atoms with Crippen LogP contribution in [0.4, 0.5) is 0 Å². The predicted octanol–water partition coefficient (Wildman–Crippen LogP) is 1.44. The van der Waals surface area contributed by atoms with E-state index in [0.717, 1.165) is 30.8 Å². The van der Waals surface area contributed by atoms with Gasteiger partial charge in [0.15, 0.2) is 0 Å². The maximum Gasteiger partial charge on any atom is 0.226 e. The number of likely N-dealkylation sites (N-methyl/N-ethyl adjacent to an activating group) is 1. The van der Waals surface area contributed by atoms with E-state index in [0.29, 0.717) is 13.2 Å². The van der Waals surface area contributed by atoms with Crippen LogP contribution in [0.15, 0.2) is 24.3 Å². The van der Waals surface area contributed by atoms with E-state index in [4.69, 9.17) is 4.74 Å². The molecule has 1 aromatic carbocycles. The average Bonchev–Trinajstić information content (AvgIpc) is 2.94. The second-order valence-electron chi connectivity index (χ2n) is 5.06. The number of ether oxygens (including phenoxy) is 1. The van der Waals surface area contributed by atoms with Crippen molar-refractivity contribution in [1.29, 1.82) is 0 Å². The molecule has 0 unspecified atom stereocenters. The van der Waals surface area contributed by atoms with E-state index in [9.17, 15) is 4.79 Å². The van der Waals surface area contributed by atoms with E-state index >= 15 is 0 Å². The molecule has 1 amide bonds. The number of hydrogen-bond donors (Lipinski definition) is 1. The molecule has 0 saturated carbocycles. The lowest BCUT2D eigenvalue weighted by Gasteiger charge is -2.21. The monoisotopic (exact) mass is 262 g/mol. The highest BCUT2D eigenvalue weighted by molar-refractivity contribution is 5.79. The zero-order chi connectivity index (χ0) is 13.7. The third kappa shape index (κ3) is 3.70. The lowest BCUT2D eigenvalue weighted by atomic mass is 10.1. The first-order valence-corrected chi connectivity index (χ1v) is 6.82. The minimum absolute atomic E-state index is 0.142. The number of aryl methyl sites for hydroxylation is 1. The normalized spacial score (nSPS) is 18.3. The molecule has 19 heavy (non-hydrogen) atoms. The van der Waals surface area contributed by atoms with Gasteiger partial charge in [0.1, 0.15) is 12.4 Å². The van der Waals surface area contributed by atoms with Crippen LogP contribution >= 0.6 is 0 Å². The summed E-state index contributed by atoms with van der Waals surface area (Å²) >= 11 is 0. The molecule has 1 saturated heterocycles. The highest BCUT2D eigenvalue weighted by Gasteiger charge is 2.24. The third-order valence-corrected chi connectivity index (χ3v) is 3.56. The number of carbonyl (C=O) groups excluding carboxylic acids is 1. The number of nitrogens with zero attached hydrogens (tertiary/aromatic N) is 1. The molecule has 0 radical (unpaired) electrons. The maximum absolute atomic E-state index is 12.1. The van der Waals surface area contributed by atoms with Crippen LogP contribution < -0.4 is 10.1 Å².